The Kier molecular flexibility index (Phi) is 4.72. The van der Waals surface area contributed by atoms with E-state index in [0.717, 1.165) is 9.64 Å². The Labute approximate surface area is 139 Å². The van der Waals surface area contributed by atoms with E-state index in [9.17, 15) is 22.4 Å². The van der Waals surface area contributed by atoms with Crippen molar-refractivity contribution in [2.75, 3.05) is 0 Å². The zero-order valence-electron chi connectivity index (χ0n) is 10.1. The summed E-state index contributed by atoms with van der Waals surface area (Å²) >= 11 is 5.20. The Morgan fingerprint density at radius 1 is 1.10 bits per heavy atom. The van der Waals surface area contributed by atoms with Gasteiger partial charge in [0.05, 0.1) is 5.56 Å². The van der Waals surface area contributed by atoms with Gasteiger partial charge in [-0.1, -0.05) is 22.0 Å². The van der Waals surface area contributed by atoms with E-state index in [4.69, 9.17) is 0 Å². The van der Waals surface area contributed by atoms with E-state index in [0.29, 0.717) is 16.6 Å². The maximum Gasteiger partial charge on any atom is 0.419 e. The molecule has 0 radical (unpaired) electrons. The molecular formula is C14H6BrF4IO. The molecular weight excluding hydrogens is 467 g/mol. The van der Waals surface area contributed by atoms with Gasteiger partial charge < -0.3 is 0 Å². The molecule has 7 heteroatoms. The van der Waals surface area contributed by atoms with Crippen molar-refractivity contribution in [3.05, 3.63) is 66.9 Å². The fraction of sp³-hybridized carbons (Fsp3) is 0.0714. The molecule has 0 aliphatic rings. The van der Waals surface area contributed by atoms with Crippen LogP contribution in [0.15, 0.2) is 40.9 Å². The maximum atomic E-state index is 13.5. The predicted octanol–water partition coefficient (Wildman–Crippen LogP) is 5.44. The van der Waals surface area contributed by atoms with Crippen molar-refractivity contribution in [1.29, 1.82) is 0 Å². The molecule has 110 valence electrons. The van der Waals surface area contributed by atoms with Crippen molar-refractivity contribution in [3.63, 3.8) is 0 Å². The number of hydrogen-bond acceptors (Lipinski definition) is 1. The lowest BCUT2D eigenvalue weighted by Crippen LogP contribution is -2.10. The highest BCUT2D eigenvalue weighted by Crippen LogP contribution is 2.32. The lowest BCUT2D eigenvalue weighted by atomic mass is 10.0. The monoisotopic (exact) mass is 472 g/mol. The van der Waals surface area contributed by atoms with Gasteiger partial charge in [-0.05, 0) is 52.9 Å². The summed E-state index contributed by atoms with van der Waals surface area (Å²) in [4.78, 5) is 12.3. The van der Waals surface area contributed by atoms with E-state index in [1.54, 1.807) is 18.2 Å². The van der Waals surface area contributed by atoms with Crippen LogP contribution < -0.4 is 0 Å². The molecule has 0 fully saturated rings. The van der Waals surface area contributed by atoms with E-state index in [-0.39, 0.29) is 11.1 Å². The van der Waals surface area contributed by atoms with Crippen molar-refractivity contribution < 1.29 is 22.4 Å². The SMILES string of the molecule is O=C(c1ccc(C(F)(F)F)c(F)c1)c1cc(I)ccc1Br. The van der Waals surface area contributed by atoms with Gasteiger partial charge in [-0.3, -0.25) is 4.79 Å². The standard InChI is InChI=1S/C14H6BrF4IO/c15-11-4-2-8(20)6-9(11)13(21)7-1-3-10(12(16)5-7)14(17,18)19/h1-6H. The summed E-state index contributed by atoms with van der Waals surface area (Å²) in [7, 11) is 0. The molecule has 2 aromatic carbocycles. The first-order valence-electron chi connectivity index (χ1n) is 5.56. The van der Waals surface area contributed by atoms with Crippen LogP contribution in [0.5, 0.6) is 0 Å². The number of alkyl halides is 3. The Hall–Kier alpha value is -0.960. The van der Waals surface area contributed by atoms with Gasteiger partial charge in [-0.2, -0.15) is 13.2 Å². The van der Waals surface area contributed by atoms with Gasteiger partial charge in [0.1, 0.15) is 5.82 Å². The van der Waals surface area contributed by atoms with Gasteiger partial charge in [-0.15, -0.1) is 0 Å². The minimum absolute atomic E-state index is 0.136. The van der Waals surface area contributed by atoms with Crippen molar-refractivity contribution in [3.8, 4) is 0 Å². The Morgan fingerprint density at radius 2 is 1.76 bits per heavy atom. The van der Waals surface area contributed by atoms with Gasteiger partial charge in [0.2, 0.25) is 0 Å². The van der Waals surface area contributed by atoms with E-state index in [2.05, 4.69) is 15.9 Å². The van der Waals surface area contributed by atoms with Gasteiger partial charge in [0, 0.05) is 19.2 Å². The molecule has 0 bridgehead atoms. The molecule has 21 heavy (non-hydrogen) atoms. The van der Waals surface area contributed by atoms with Crippen LogP contribution in [0.4, 0.5) is 17.6 Å². The smallest absolute Gasteiger partial charge is 0.289 e. The van der Waals surface area contributed by atoms with Crippen LogP contribution in [0.1, 0.15) is 21.5 Å². The van der Waals surface area contributed by atoms with Crippen LogP contribution in [0.2, 0.25) is 0 Å². The molecule has 1 nitrogen and oxygen atoms in total. The Morgan fingerprint density at radius 3 is 2.33 bits per heavy atom. The number of halogens is 6. The summed E-state index contributed by atoms with van der Waals surface area (Å²) in [6, 6.07) is 7.13. The third kappa shape index (κ3) is 3.63. The van der Waals surface area contributed by atoms with Crippen LogP contribution in [0.3, 0.4) is 0 Å². The van der Waals surface area contributed by atoms with E-state index in [1.165, 1.54) is 0 Å². The highest BCUT2D eigenvalue weighted by atomic mass is 127. The Balaban J connectivity index is 2.45. The lowest BCUT2D eigenvalue weighted by molar-refractivity contribution is -0.140. The van der Waals surface area contributed by atoms with Gasteiger partial charge in [-0.25, -0.2) is 4.39 Å². The van der Waals surface area contributed by atoms with Crippen molar-refractivity contribution in [2.45, 2.75) is 6.18 Å². The zero-order valence-corrected chi connectivity index (χ0v) is 13.9. The van der Waals surface area contributed by atoms with E-state index in [1.807, 2.05) is 22.6 Å². The van der Waals surface area contributed by atoms with Crippen molar-refractivity contribution in [1.82, 2.24) is 0 Å². The first-order chi connectivity index (χ1) is 9.70. The van der Waals surface area contributed by atoms with Crippen LogP contribution in [-0.2, 0) is 6.18 Å². The molecule has 0 aliphatic carbocycles. The molecule has 0 aliphatic heterocycles. The van der Waals surface area contributed by atoms with Gasteiger partial charge >= 0.3 is 6.18 Å². The molecule has 0 N–H and O–H groups in total. The maximum absolute atomic E-state index is 13.5. The largest absolute Gasteiger partial charge is 0.419 e. The molecule has 0 unspecified atom stereocenters. The Bertz CT molecular complexity index is 713. The average Bonchev–Trinajstić information content (AvgIpc) is 2.39. The lowest BCUT2D eigenvalue weighted by Gasteiger charge is -2.10. The van der Waals surface area contributed by atoms with Crippen molar-refractivity contribution >= 4 is 44.3 Å². The predicted molar refractivity (Wildman–Crippen MR) is 81.7 cm³/mol. The summed E-state index contributed by atoms with van der Waals surface area (Å²) < 4.78 is 52.3. The molecule has 2 rings (SSSR count). The molecule has 0 aromatic heterocycles. The van der Waals surface area contributed by atoms with Crippen LogP contribution in [0, 0.1) is 9.39 Å². The second-order valence-electron chi connectivity index (χ2n) is 4.15. The second-order valence-corrected chi connectivity index (χ2v) is 6.25. The number of carbonyl (C=O) groups excluding carboxylic acids is 1. The number of rotatable bonds is 2. The number of carbonyl (C=O) groups is 1. The summed E-state index contributed by atoms with van der Waals surface area (Å²) in [6.07, 6.45) is -4.78. The molecule has 0 amide bonds. The number of ketones is 1. The third-order valence-corrected chi connectivity index (χ3v) is 4.07. The second kappa shape index (κ2) is 6.04. The fourth-order valence-corrected chi connectivity index (χ4v) is 2.63. The zero-order chi connectivity index (χ0) is 15.8. The normalized spacial score (nSPS) is 11.5. The summed E-state index contributed by atoms with van der Waals surface area (Å²) in [5.74, 6) is -2.01. The minimum atomic E-state index is -4.78. The van der Waals surface area contributed by atoms with Gasteiger partial charge in [0.25, 0.3) is 0 Å². The fourth-order valence-electron chi connectivity index (χ4n) is 1.71. The van der Waals surface area contributed by atoms with Crippen LogP contribution >= 0.6 is 38.5 Å². The molecule has 0 spiro atoms. The third-order valence-electron chi connectivity index (χ3n) is 2.71. The summed E-state index contributed by atoms with van der Waals surface area (Å²) in [5, 5.41) is 0. The topological polar surface area (TPSA) is 17.1 Å². The van der Waals surface area contributed by atoms with Crippen LogP contribution in [-0.4, -0.2) is 5.78 Å². The van der Waals surface area contributed by atoms with Crippen molar-refractivity contribution in [2.24, 2.45) is 0 Å². The summed E-state index contributed by atoms with van der Waals surface area (Å²) in [5.41, 5.74) is -1.26. The molecule has 2 aromatic rings. The minimum Gasteiger partial charge on any atom is -0.289 e. The highest BCUT2D eigenvalue weighted by molar-refractivity contribution is 14.1. The van der Waals surface area contributed by atoms with Crippen LogP contribution in [0.25, 0.3) is 0 Å². The van der Waals surface area contributed by atoms with E-state index >= 15 is 0 Å². The highest BCUT2D eigenvalue weighted by Gasteiger charge is 2.34. The average molecular weight is 473 g/mol. The molecule has 0 heterocycles. The summed E-state index contributed by atoms with van der Waals surface area (Å²) in [6.45, 7) is 0. The number of benzene rings is 2. The first-order valence-corrected chi connectivity index (χ1v) is 7.44. The number of hydrogen-bond donors (Lipinski definition) is 0. The van der Waals surface area contributed by atoms with Gasteiger partial charge in [0.15, 0.2) is 5.78 Å². The molecule has 0 saturated heterocycles. The first kappa shape index (κ1) is 16.4. The van der Waals surface area contributed by atoms with E-state index < -0.39 is 23.3 Å². The molecule has 0 atom stereocenters. The quantitative estimate of drug-likeness (QED) is 0.323. The molecule has 0 saturated carbocycles.